The van der Waals surface area contributed by atoms with Crippen LogP contribution in [-0.2, 0) is 9.47 Å². The summed E-state index contributed by atoms with van der Waals surface area (Å²) in [6, 6.07) is 0. The molecule has 0 aromatic rings. The predicted molar refractivity (Wildman–Crippen MR) is 128 cm³/mol. The van der Waals surface area contributed by atoms with E-state index < -0.39 is 0 Å². The van der Waals surface area contributed by atoms with Crippen molar-refractivity contribution in [2.45, 2.75) is 58.5 Å². The highest BCUT2D eigenvalue weighted by atomic mass is 127. The summed E-state index contributed by atoms with van der Waals surface area (Å²) >= 11 is 0. The minimum atomic E-state index is 0. The fourth-order valence-electron chi connectivity index (χ4n) is 4.23. The molecule has 2 saturated heterocycles. The van der Waals surface area contributed by atoms with Gasteiger partial charge in [0.05, 0.1) is 12.7 Å². The summed E-state index contributed by atoms with van der Waals surface area (Å²) in [6.45, 7) is 12.8. The molecule has 2 aliphatic rings. The number of hydrogen-bond donors (Lipinski definition) is 2. The maximum absolute atomic E-state index is 5.69. The second-order valence-electron chi connectivity index (χ2n) is 8.40. The van der Waals surface area contributed by atoms with E-state index in [9.17, 15) is 0 Å². The molecule has 166 valence electrons. The van der Waals surface area contributed by atoms with Crippen molar-refractivity contribution in [3.63, 3.8) is 0 Å². The normalized spacial score (nSPS) is 26.1. The van der Waals surface area contributed by atoms with Crippen molar-refractivity contribution in [1.82, 2.24) is 15.5 Å². The van der Waals surface area contributed by atoms with E-state index >= 15 is 0 Å². The molecule has 2 aliphatic heterocycles. The second-order valence-corrected chi connectivity index (χ2v) is 8.40. The SMILES string of the molecule is CN=C(NCCCCN1CC(C)CC(C)C1)NCCCOCC1CCCO1.I. The summed E-state index contributed by atoms with van der Waals surface area (Å²) < 4.78 is 11.2. The van der Waals surface area contributed by atoms with Gasteiger partial charge in [-0.2, -0.15) is 0 Å². The van der Waals surface area contributed by atoms with Gasteiger partial charge in [-0.15, -0.1) is 24.0 Å². The first-order valence-electron chi connectivity index (χ1n) is 11.0. The molecule has 0 saturated carbocycles. The summed E-state index contributed by atoms with van der Waals surface area (Å²) in [4.78, 5) is 6.94. The maximum atomic E-state index is 5.69. The number of unbranched alkanes of at least 4 members (excludes halogenated alkanes) is 1. The molecule has 0 aromatic carbocycles. The zero-order valence-electron chi connectivity index (χ0n) is 18.3. The van der Waals surface area contributed by atoms with Gasteiger partial charge in [-0.1, -0.05) is 13.8 Å². The number of rotatable bonds is 11. The molecule has 0 spiro atoms. The Balaban J connectivity index is 0.00000392. The second kappa shape index (κ2) is 15.7. The van der Waals surface area contributed by atoms with Gasteiger partial charge < -0.3 is 25.0 Å². The van der Waals surface area contributed by atoms with Crippen LogP contribution in [-0.4, -0.2) is 76.6 Å². The van der Waals surface area contributed by atoms with Crippen LogP contribution in [0, 0.1) is 11.8 Å². The van der Waals surface area contributed by atoms with Crippen LogP contribution in [0.2, 0.25) is 0 Å². The number of nitrogens with one attached hydrogen (secondary N) is 2. The molecule has 2 heterocycles. The number of halogens is 1. The molecule has 3 atom stereocenters. The highest BCUT2D eigenvalue weighted by molar-refractivity contribution is 14.0. The predicted octanol–water partition coefficient (Wildman–Crippen LogP) is 3.11. The summed E-state index contributed by atoms with van der Waals surface area (Å²) in [5, 5.41) is 6.79. The zero-order chi connectivity index (χ0) is 19.3. The van der Waals surface area contributed by atoms with Crippen molar-refractivity contribution >= 4 is 29.9 Å². The van der Waals surface area contributed by atoms with Crippen LogP contribution in [0.4, 0.5) is 0 Å². The Labute approximate surface area is 189 Å². The zero-order valence-corrected chi connectivity index (χ0v) is 20.6. The van der Waals surface area contributed by atoms with Gasteiger partial charge in [0.25, 0.3) is 0 Å². The Morgan fingerprint density at radius 3 is 2.46 bits per heavy atom. The molecular weight excluding hydrogens is 467 g/mol. The van der Waals surface area contributed by atoms with Crippen LogP contribution >= 0.6 is 24.0 Å². The van der Waals surface area contributed by atoms with Crippen LogP contribution in [0.3, 0.4) is 0 Å². The van der Waals surface area contributed by atoms with E-state index in [1.165, 1.54) is 45.3 Å². The lowest BCUT2D eigenvalue weighted by atomic mass is 9.92. The van der Waals surface area contributed by atoms with Crippen LogP contribution in [0.5, 0.6) is 0 Å². The number of hydrogen-bond acceptors (Lipinski definition) is 4. The summed E-state index contributed by atoms with van der Waals surface area (Å²) in [5.41, 5.74) is 0. The summed E-state index contributed by atoms with van der Waals surface area (Å²) in [6.07, 6.45) is 7.45. The van der Waals surface area contributed by atoms with E-state index in [0.29, 0.717) is 6.10 Å². The lowest BCUT2D eigenvalue weighted by molar-refractivity contribution is 0.0168. The van der Waals surface area contributed by atoms with Gasteiger partial charge >= 0.3 is 0 Å². The lowest BCUT2D eigenvalue weighted by Crippen LogP contribution is -2.40. The van der Waals surface area contributed by atoms with Gasteiger partial charge in [-0.05, 0) is 56.9 Å². The Morgan fingerprint density at radius 1 is 1.11 bits per heavy atom. The van der Waals surface area contributed by atoms with Crippen LogP contribution < -0.4 is 10.6 Å². The number of guanidine groups is 1. The fraction of sp³-hybridized carbons (Fsp3) is 0.952. The van der Waals surface area contributed by atoms with Crippen molar-refractivity contribution in [2.75, 3.05) is 59.6 Å². The molecule has 0 bridgehead atoms. The Morgan fingerprint density at radius 2 is 1.82 bits per heavy atom. The number of ether oxygens (including phenoxy) is 2. The first-order chi connectivity index (χ1) is 13.2. The average Bonchev–Trinajstić information content (AvgIpc) is 3.15. The molecule has 28 heavy (non-hydrogen) atoms. The van der Waals surface area contributed by atoms with Gasteiger partial charge in [-0.3, -0.25) is 4.99 Å². The van der Waals surface area contributed by atoms with E-state index in [2.05, 4.69) is 34.4 Å². The van der Waals surface area contributed by atoms with E-state index in [0.717, 1.165) is 63.5 Å². The quantitative estimate of drug-likeness (QED) is 0.194. The number of likely N-dealkylation sites (tertiary alicyclic amines) is 1. The van der Waals surface area contributed by atoms with Crippen LogP contribution in [0.25, 0.3) is 0 Å². The highest BCUT2D eigenvalue weighted by Gasteiger charge is 2.20. The molecular formula is C21H43IN4O2. The molecule has 7 heteroatoms. The van der Waals surface area contributed by atoms with Crippen LogP contribution in [0.1, 0.15) is 52.4 Å². The van der Waals surface area contributed by atoms with E-state index in [-0.39, 0.29) is 24.0 Å². The molecule has 0 aromatic heterocycles. The van der Waals surface area contributed by atoms with Crippen molar-refractivity contribution in [3.8, 4) is 0 Å². The Bertz CT molecular complexity index is 409. The standard InChI is InChI=1S/C21H42N4O2.HI/c1-18-14-19(2)16-25(15-18)11-5-4-9-23-21(22-3)24-10-7-12-26-17-20-8-6-13-27-20;/h18-20H,4-17H2,1-3H3,(H2,22,23,24);1H. The largest absolute Gasteiger partial charge is 0.379 e. The van der Waals surface area contributed by atoms with Gasteiger partial charge in [-0.25, -0.2) is 0 Å². The Hall–Kier alpha value is -0.120. The van der Waals surface area contributed by atoms with Gasteiger partial charge in [0.15, 0.2) is 5.96 Å². The highest BCUT2D eigenvalue weighted by Crippen LogP contribution is 2.20. The van der Waals surface area contributed by atoms with Gasteiger partial charge in [0.2, 0.25) is 0 Å². The molecule has 2 fully saturated rings. The first-order valence-corrected chi connectivity index (χ1v) is 11.0. The Kier molecular flexibility index (Phi) is 14.5. The minimum Gasteiger partial charge on any atom is -0.379 e. The molecule has 0 amide bonds. The van der Waals surface area contributed by atoms with Crippen molar-refractivity contribution in [2.24, 2.45) is 16.8 Å². The average molecular weight is 511 g/mol. The van der Waals surface area contributed by atoms with E-state index in [4.69, 9.17) is 9.47 Å². The first kappa shape index (κ1) is 25.9. The van der Waals surface area contributed by atoms with E-state index in [1.807, 2.05) is 7.05 Å². The maximum Gasteiger partial charge on any atom is 0.190 e. The molecule has 0 radical (unpaired) electrons. The summed E-state index contributed by atoms with van der Waals surface area (Å²) in [5.74, 6) is 2.60. The van der Waals surface area contributed by atoms with Crippen molar-refractivity contribution in [1.29, 1.82) is 0 Å². The molecule has 6 nitrogen and oxygen atoms in total. The van der Waals surface area contributed by atoms with Crippen molar-refractivity contribution < 1.29 is 9.47 Å². The monoisotopic (exact) mass is 510 g/mol. The van der Waals surface area contributed by atoms with Gasteiger partial charge in [0, 0.05) is 46.4 Å². The smallest absolute Gasteiger partial charge is 0.190 e. The molecule has 2 N–H and O–H groups in total. The molecule has 2 rings (SSSR count). The fourth-order valence-corrected chi connectivity index (χ4v) is 4.23. The molecule has 0 aliphatic carbocycles. The van der Waals surface area contributed by atoms with Gasteiger partial charge in [0.1, 0.15) is 0 Å². The lowest BCUT2D eigenvalue weighted by Gasteiger charge is -2.34. The number of nitrogens with zero attached hydrogens (tertiary/aromatic N) is 2. The van der Waals surface area contributed by atoms with Crippen LogP contribution in [0.15, 0.2) is 4.99 Å². The summed E-state index contributed by atoms with van der Waals surface area (Å²) in [7, 11) is 1.83. The third-order valence-electron chi connectivity index (χ3n) is 5.45. The molecule has 3 unspecified atom stereocenters. The van der Waals surface area contributed by atoms with Crippen molar-refractivity contribution in [3.05, 3.63) is 0 Å². The van der Waals surface area contributed by atoms with E-state index in [1.54, 1.807) is 0 Å². The minimum absolute atomic E-state index is 0. The number of aliphatic imine (C=N–C) groups is 1. The topological polar surface area (TPSA) is 58.1 Å². The third-order valence-corrected chi connectivity index (χ3v) is 5.45. The number of piperidine rings is 1. The third kappa shape index (κ3) is 11.2.